The fourth-order valence-corrected chi connectivity index (χ4v) is 2.87. The van der Waals surface area contributed by atoms with Crippen molar-refractivity contribution in [2.75, 3.05) is 20.1 Å². The summed E-state index contributed by atoms with van der Waals surface area (Å²) in [7, 11) is 2.02. The average Bonchev–Trinajstić information content (AvgIpc) is 2.32. The average molecular weight is 326 g/mol. The smallest absolute Gasteiger partial charge is 0.310 e. The summed E-state index contributed by atoms with van der Waals surface area (Å²) in [5.41, 5.74) is 0.808. The predicted molar refractivity (Wildman–Crippen MR) is 79.3 cm³/mol. The van der Waals surface area contributed by atoms with Gasteiger partial charge in [0, 0.05) is 17.6 Å². The number of carboxylic acids is 1. The first-order chi connectivity index (χ1) is 9.02. The predicted octanol–water partition coefficient (Wildman–Crippen LogP) is 3.18. The monoisotopic (exact) mass is 325 g/mol. The van der Waals surface area contributed by atoms with Gasteiger partial charge in [0.15, 0.2) is 0 Å². The minimum atomic E-state index is -0.630. The topological polar surface area (TPSA) is 40.5 Å². The molecule has 4 heteroatoms. The van der Waals surface area contributed by atoms with Gasteiger partial charge < -0.3 is 10.0 Å². The molecule has 19 heavy (non-hydrogen) atoms. The Labute approximate surface area is 122 Å². The first-order valence-electron chi connectivity index (χ1n) is 6.68. The molecule has 0 aromatic heterocycles. The summed E-state index contributed by atoms with van der Waals surface area (Å²) in [4.78, 5) is 13.5. The Balaban J connectivity index is 1.83. The number of likely N-dealkylation sites (N-methyl/N-ethyl adjacent to an activating group) is 1. The first kappa shape index (κ1) is 14.5. The minimum Gasteiger partial charge on any atom is -0.481 e. The van der Waals surface area contributed by atoms with Crippen LogP contribution < -0.4 is 0 Å². The molecule has 0 amide bonds. The molecular formula is C15H20BrNO2. The molecule has 0 bridgehead atoms. The van der Waals surface area contributed by atoms with Gasteiger partial charge in [-0.25, -0.2) is 0 Å². The second kappa shape index (κ2) is 6.06. The number of hydrogen-bond donors (Lipinski definition) is 1. The fraction of sp³-hybridized carbons (Fsp3) is 0.533. The Bertz CT molecular complexity index is 440. The van der Waals surface area contributed by atoms with Crippen molar-refractivity contribution in [1.82, 2.24) is 4.90 Å². The van der Waals surface area contributed by atoms with E-state index in [0.717, 1.165) is 36.7 Å². The Morgan fingerprint density at radius 1 is 1.37 bits per heavy atom. The number of halogens is 1. The zero-order chi connectivity index (χ0) is 13.9. The van der Waals surface area contributed by atoms with Crippen LogP contribution in [0.1, 0.15) is 24.8 Å². The van der Waals surface area contributed by atoms with Crippen molar-refractivity contribution < 1.29 is 9.90 Å². The number of carboxylic acid groups (broad SMARTS) is 1. The number of rotatable bonds is 6. The van der Waals surface area contributed by atoms with Gasteiger partial charge in [-0.1, -0.05) is 34.5 Å². The molecule has 1 aliphatic carbocycles. The molecule has 1 saturated carbocycles. The van der Waals surface area contributed by atoms with Crippen molar-refractivity contribution in [2.45, 2.75) is 25.7 Å². The van der Waals surface area contributed by atoms with Gasteiger partial charge in [-0.2, -0.15) is 0 Å². The van der Waals surface area contributed by atoms with Gasteiger partial charge in [0.1, 0.15) is 0 Å². The van der Waals surface area contributed by atoms with Crippen LogP contribution in [0.2, 0.25) is 0 Å². The Morgan fingerprint density at radius 2 is 2.00 bits per heavy atom. The van der Waals surface area contributed by atoms with Crippen LogP contribution in [0.15, 0.2) is 28.7 Å². The molecule has 104 valence electrons. The largest absolute Gasteiger partial charge is 0.481 e. The summed E-state index contributed by atoms with van der Waals surface area (Å²) >= 11 is 3.42. The fourth-order valence-electron chi connectivity index (χ4n) is 2.61. The molecule has 1 aromatic rings. The van der Waals surface area contributed by atoms with E-state index in [1.54, 1.807) is 0 Å². The molecule has 2 rings (SSSR count). The third-order valence-corrected chi connectivity index (χ3v) is 4.56. The van der Waals surface area contributed by atoms with Crippen LogP contribution >= 0.6 is 15.9 Å². The molecule has 0 atom stereocenters. The van der Waals surface area contributed by atoms with Gasteiger partial charge in [0.05, 0.1) is 5.41 Å². The van der Waals surface area contributed by atoms with Crippen LogP contribution in [0.5, 0.6) is 0 Å². The molecule has 1 fully saturated rings. The quantitative estimate of drug-likeness (QED) is 0.873. The van der Waals surface area contributed by atoms with Crippen molar-refractivity contribution in [1.29, 1.82) is 0 Å². The number of carbonyl (C=O) groups is 1. The summed E-state index contributed by atoms with van der Waals surface area (Å²) in [5, 5.41) is 9.32. The molecule has 3 nitrogen and oxygen atoms in total. The second-order valence-corrected chi connectivity index (χ2v) is 6.47. The maximum Gasteiger partial charge on any atom is 0.310 e. The van der Waals surface area contributed by atoms with Gasteiger partial charge >= 0.3 is 5.97 Å². The van der Waals surface area contributed by atoms with Crippen molar-refractivity contribution in [3.63, 3.8) is 0 Å². The lowest BCUT2D eigenvalue weighted by molar-refractivity contribution is -0.156. The standard InChI is InChI=1S/C15H20BrNO2/c1-17(11-15(14(18)19)8-2-9-15)10-7-12-3-5-13(16)6-4-12/h3-6H,2,7-11H2,1H3,(H,18,19). The molecule has 1 aliphatic rings. The first-order valence-corrected chi connectivity index (χ1v) is 7.47. The van der Waals surface area contributed by atoms with Gasteiger partial charge in [-0.3, -0.25) is 4.79 Å². The van der Waals surface area contributed by atoms with Gasteiger partial charge in [0.25, 0.3) is 0 Å². The third-order valence-electron chi connectivity index (χ3n) is 4.03. The SMILES string of the molecule is CN(CCc1ccc(Br)cc1)CC1(C(=O)O)CCC1. The summed E-state index contributed by atoms with van der Waals surface area (Å²) in [6.07, 6.45) is 3.66. The number of aliphatic carboxylic acids is 1. The van der Waals surface area contributed by atoms with E-state index in [-0.39, 0.29) is 0 Å². The highest BCUT2D eigenvalue weighted by molar-refractivity contribution is 9.10. The van der Waals surface area contributed by atoms with Crippen molar-refractivity contribution in [2.24, 2.45) is 5.41 Å². The summed E-state index contributed by atoms with van der Waals surface area (Å²) < 4.78 is 1.09. The number of hydrogen-bond acceptors (Lipinski definition) is 2. The lowest BCUT2D eigenvalue weighted by Crippen LogP contribution is -2.47. The van der Waals surface area contributed by atoms with E-state index in [1.165, 1.54) is 5.56 Å². The van der Waals surface area contributed by atoms with Crippen LogP contribution in [0.4, 0.5) is 0 Å². The number of benzene rings is 1. The van der Waals surface area contributed by atoms with E-state index < -0.39 is 11.4 Å². The Morgan fingerprint density at radius 3 is 2.47 bits per heavy atom. The minimum absolute atomic E-state index is 0.478. The van der Waals surface area contributed by atoms with Crippen molar-refractivity contribution >= 4 is 21.9 Å². The zero-order valence-corrected chi connectivity index (χ0v) is 12.8. The molecule has 0 saturated heterocycles. The molecule has 0 aliphatic heterocycles. The van der Waals surface area contributed by atoms with Crippen LogP contribution in [-0.2, 0) is 11.2 Å². The van der Waals surface area contributed by atoms with Crippen LogP contribution in [0, 0.1) is 5.41 Å². The van der Waals surface area contributed by atoms with Crippen LogP contribution in [0.3, 0.4) is 0 Å². The second-order valence-electron chi connectivity index (χ2n) is 5.55. The molecule has 0 heterocycles. The number of nitrogens with zero attached hydrogens (tertiary/aromatic N) is 1. The molecule has 1 N–H and O–H groups in total. The van der Waals surface area contributed by atoms with Crippen molar-refractivity contribution in [3.8, 4) is 0 Å². The molecule has 1 aromatic carbocycles. The summed E-state index contributed by atoms with van der Waals surface area (Å²) in [5.74, 6) is -0.630. The van der Waals surface area contributed by atoms with E-state index in [4.69, 9.17) is 0 Å². The van der Waals surface area contributed by atoms with E-state index >= 15 is 0 Å². The maximum absolute atomic E-state index is 11.3. The Hall–Kier alpha value is -0.870. The van der Waals surface area contributed by atoms with Gasteiger partial charge in [-0.05, 0) is 44.0 Å². The maximum atomic E-state index is 11.3. The third kappa shape index (κ3) is 3.57. The van der Waals surface area contributed by atoms with E-state index in [9.17, 15) is 9.90 Å². The van der Waals surface area contributed by atoms with Crippen molar-refractivity contribution in [3.05, 3.63) is 34.3 Å². The van der Waals surface area contributed by atoms with Crippen LogP contribution in [0.25, 0.3) is 0 Å². The van der Waals surface area contributed by atoms with E-state index in [1.807, 2.05) is 19.2 Å². The highest BCUT2D eigenvalue weighted by Crippen LogP contribution is 2.41. The van der Waals surface area contributed by atoms with E-state index in [2.05, 4.69) is 33.0 Å². The Kier molecular flexibility index (Phi) is 4.63. The highest BCUT2D eigenvalue weighted by atomic mass is 79.9. The zero-order valence-electron chi connectivity index (χ0n) is 11.2. The molecule has 0 spiro atoms. The van der Waals surface area contributed by atoms with Crippen LogP contribution in [-0.4, -0.2) is 36.1 Å². The molecule has 0 unspecified atom stereocenters. The normalized spacial score (nSPS) is 17.2. The highest BCUT2D eigenvalue weighted by Gasteiger charge is 2.44. The summed E-state index contributed by atoms with van der Waals surface area (Å²) in [6.45, 7) is 1.57. The molecular weight excluding hydrogens is 306 g/mol. The summed E-state index contributed by atoms with van der Waals surface area (Å²) in [6, 6.07) is 8.29. The lowest BCUT2D eigenvalue weighted by atomic mass is 9.68. The molecule has 0 radical (unpaired) electrons. The van der Waals surface area contributed by atoms with Gasteiger partial charge in [-0.15, -0.1) is 0 Å². The van der Waals surface area contributed by atoms with E-state index in [0.29, 0.717) is 6.54 Å². The lowest BCUT2D eigenvalue weighted by Gasteiger charge is -2.40. The van der Waals surface area contributed by atoms with Gasteiger partial charge in [0.2, 0.25) is 0 Å².